The van der Waals surface area contributed by atoms with Crippen LogP contribution in [0.3, 0.4) is 0 Å². The van der Waals surface area contributed by atoms with E-state index in [-0.39, 0.29) is 17.9 Å². The zero-order valence-corrected chi connectivity index (χ0v) is 9.62. The van der Waals surface area contributed by atoms with E-state index in [0.717, 1.165) is 19.4 Å². The minimum absolute atomic E-state index is 0.0455. The van der Waals surface area contributed by atoms with Gasteiger partial charge in [0.15, 0.2) is 17.9 Å². The average molecular weight is 218 g/mol. The van der Waals surface area contributed by atoms with Crippen LogP contribution in [0, 0.1) is 0 Å². The Morgan fingerprint density at radius 1 is 1.27 bits per heavy atom. The standard InChI is InChI=1S/C10H20N2O3/c1-7(13)10(12)9(15-8(2)14)5-3-4-6-11/h9-10H,3-6,11-12H2,1-2H3/p+2. The van der Waals surface area contributed by atoms with Crippen LogP contribution in [0.15, 0.2) is 0 Å². The minimum Gasteiger partial charge on any atom is -0.456 e. The molecule has 0 rings (SSSR count). The summed E-state index contributed by atoms with van der Waals surface area (Å²) in [4.78, 5) is 22.0. The zero-order chi connectivity index (χ0) is 11.8. The molecule has 0 amide bonds. The number of esters is 1. The maximum absolute atomic E-state index is 11.1. The summed E-state index contributed by atoms with van der Waals surface area (Å²) in [6.07, 6.45) is 2.18. The molecular formula is C10H22N2O3+2. The molecule has 0 aliphatic heterocycles. The van der Waals surface area contributed by atoms with Crippen LogP contribution in [0.25, 0.3) is 0 Å². The lowest BCUT2D eigenvalue weighted by Gasteiger charge is -2.18. The largest absolute Gasteiger partial charge is 0.456 e. The van der Waals surface area contributed by atoms with Gasteiger partial charge in [0, 0.05) is 13.8 Å². The maximum atomic E-state index is 11.1. The third-order valence-corrected chi connectivity index (χ3v) is 2.28. The molecule has 15 heavy (non-hydrogen) atoms. The second kappa shape index (κ2) is 7.36. The first kappa shape index (κ1) is 14.1. The average Bonchev–Trinajstić information content (AvgIpc) is 2.14. The molecule has 0 aliphatic carbocycles. The molecule has 6 N–H and O–H groups in total. The normalized spacial score (nSPS) is 14.4. The van der Waals surface area contributed by atoms with Gasteiger partial charge in [0.1, 0.15) is 0 Å². The van der Waals surface area contributed by atoms with Crippen LogP contribution < -0.4 is 11.5 Å². The van der Waals surface area contributed by atoms with Gasteiger partial charge in [0.25, 0.3) is 0 Å². The predicted molar refractivity (Wildman–Crippen MR) is 54.5 cm³/mol. The Bertz CT molecular complexity index is 219. The summed E-state index contributed by atoms with van der Waals surface area (Å²) in [6, 6.07) is -0.460. The highest BCUT2D eigenvalue weighted by atomic mass is 16.5. The van der Waals surface area contributed by atoms with E-state index in [1.807, 2.05) is 0 Å². The van der Waals surface area contributed by atoms with Crippen molar-refractivity contribution in [2.45, 2.75) is 45.3 Å². The first-order valence-electron chi connectivity index (χ1n) is 5.29. The van der Waals surface area contributed by atoms with Crippen molar-refractivity contribution in [2.24, 2.45) is 0 Å². The van der Waals surface area contributed by atoms with Crippen LogP contribution in [0.2, 0.25) is 0 Å². The minimum atomic E-state index is -0.460. The van der Waals surface area contributed by atoms with Crippen molar-refractivity contribution >= 4 is 11.8 Å². The summed E-state index contributed by atoms with van der Waals surface area (Å²) in [5.74, 6) is -0.402. The van der Waals surface area contributed by atoms with Gasteiger partial charge < -0.3 is 16.2 Å². The SMILES string of the molecule is CC(=O)OC(CCCC[NH3+])C([NH3+])C(C)=O. The van der Waals surface area contributed by atoms with Gasteiger partial charge in [-0.05, 0) is 19.3 Å². The Hall–Kier alpha value is -0.940. The molecule has 0 aromatic carbocycles. The van der Waals surface area contributed by atoms with E-state index >= 15 is 0 Å². The lowest BCUT2D eigenvalue weighted by Crippen LogP contribution is -2.70. The van der Waals surface area contributed by atoms with Gasteiger partial charge in [-0.15, -0.1) is 0 Å². The van der Waals surface area contributed by atoms with Gasteiger partial charge in [-0.25, -0.2) is 0 Å². The Labute approximate surface area is 90.1 Å². The van der Waals surface area contributed by atoms with Crippen LogP contribution in [-0.4, -0.2) is 30.4 Å². The molecule has 0 heterocycles. The fourth-order valence-corrected chi connectivity index (χ4v) is 1.34. The molecule has 88 valence electrons. The molecule has 0 saturated heterocycles. The van der Waals surface area contributed by atoms with Gasteiger partial charge in [0.05, 0.1) is 6.54 Å². The molecule has 0 aromatic rings. The molecule has 5 heteroatoms. The molecule has 0 saturated carbocycles. The van der Waals surface area contributed by atoms with Crippen LogP contribution in [0.1, 0.15) is 33.1 Å². The van der Waals surface area contributed by atoms with Gasteiger partial charge >= 0.3 is 5.97 Å². The number of ketones is 1. The quantitative estimate of drug-likeness (QED) is 0.403. The number of Topliss-reactive ketones (excluding diaryl/α,β-unsaturated/α-hetero) is 1. The summed E-state index contributed by atoms with van der Waals surface area (Å²) < 4.78 is 5.08. The Morgan fingerprint density at radius 3 is 2.27 bits per heavy atom. The van der Waals surface area contributed by atoms with E-state index in [1.54, 1.807) is 0 Å². The van der Waals surface area contributed by atoms with Crippen LogP contribution in [-0.2, 0) is 14.3 Å². The highest BCUT2D eigenvalue weighted by Gasteiger charge is 2.27. The first-order chi connectivity index (χ1) is 6.99. The Morgan fingerprint density at radius 2 is 1.87 bits per heavy atom. The van der Waals surface area contributed by atoms with Crippen molar-refractivity contribution in [2.75, 3.05) is 6.54 Å². The monoisotopic (exact) mass is 218 g/mol. The highest BCUT2D eigenvalue weighted by Crippen LogP contribution is 2.08. The smallest absolute Gasteiger partial charge is 0.303 e. The topological polar surface area (TPSA) is 98.7 Å². The number of ether oxygens (including phenoxy) is 1. The van der Waals surface area contributed by atoms with Crippen molar-refractivity contribution in [1.82, 2.24) is 0 Å². The predicted octanol–water partition coefficient (Wildman–Crippen LogP) is -1.47. The van der Waals surface area contributed by atoms with Crippen LogP contribution in [0.4, 0.5) is 0 Å². The first-order valence-corrected chi connectivity index (χ1v) is 5.29. The summed E-state index contributed by atoms with van der Waals surface area (Å²) in [5.41, 5.74) is 7.46. The van der Waals surface area contributed by atoms with Crippen LogP contribution in [0.5, 0.6) is 0 Å². The third kappa shape index (κ3) is 6.19. The molecule has 2 atom stereocenters. The van der Waals surface area contributed by atoms with Crippen LogP contribution >= 0.6 is 0 Å². The number of hydrogen-bond acceptors (Lipinski definition) is 3. The summed E-state index contributed by atoms with van der Waals surface area (Å²) in [6.45, 7) is 3.67. The molecule has 0 aliphatic rings. The van der Waals surface area contributed by atoms with Crippen molar-refractivity contribution in [3.63, 3.8) is 0 Å². The Kier molecular flexibility index (Phi) is 6.90. The van der Waals surface area contributed by atoms with E-state index in [0.29, 0.717) is 6.42 Å². The molecule has 0 bridgehead atoms. The molecule has 0 fully saturated rings. The van der Waals surface area contributed by atoms with E-state index in [2.05, 4.69) is 11.5 Å². The number of hydrogen-bond donors (Lipinski definition) is 2. The second-order valence-electron chi connectivity index (χ2n) is 3.71. The zero-order valence-electron chi connectivity index (χ0n) is 9.62. The number of rotatable bonds is 7. The van der Waals surface area contributed by atoms with Crippen molar-refractivity contribution in [3.05, 3.63) is 0 Å². The van der Waals surface area contributed by atoms with E-state index < -0.39 is 6.04 Å². The highest BCUT2D eigenvalue weighted by molar-refractivity contribution is 5.80. The summed E-state index contributed by atoms with van der Waals surface area (Å²) in [5, 5.41) is 0. The van der Waals surface area contributed by atoms with Crippen molar-refractivity contribution < 1.29 is 25.8 Å². The Balaban J connectivity index is 4.17. The fourth-order valence-electron chi connectivity index (χ4n) is 1.34. The lowest BCUT2D eigenvalue weighted by atomic mass is 10.0. The van der Waals surface area contributed by atoms with Crippen molar-refractivity contribution in [3.8, 4) is 0 Å². The number of carbonyl (C=O) groups excluding carboxylic acids is 2. The molecular weight excluding hydrogens is 196 g/mol. The van der Waals surface area contributed by atoms with Crippen molar-refractivity contribution in [1.29, 1.82) is 0 Å². The lowest BCUT2D eigenvalue weighted by molar-refractivity contribution is -0.420. The van der Waals surface area contributed by atoms with Gasteiger partial charge in [-0.2, -0.15) is 0 Å². The maximum Gasteiger partial charge on any atom is 0.303 e. The number of carbonyl (C=O) groups is 2. The van der Waals surface area contributed by atoms with E-state index in [4.69, 9.17) is 4.74 Å². The molecule has 0 aromatic heterocycles. The molecule has 5 nitrogen and oxygen atoms in total. The number of quaternary nitrogens is 2. The molecule has 0 radical (unpaired) electrons. The summed E-state index contributed by atoms with van der Waals surface area (Å²) >= 11 is 0. The molecule has 0 spiro atoms. The summed E-state index contributed by atoms with van der Waals surface area (Å²) in [7, 11) is 0. The number of unbranched alkanes of at least 4 members (excludes halogenated alkanes) is 1. The molecule has 2 unspecified atom stereocenters. The second-order valence-corrected chi connectivity index (χ2v) is 3.71. The third-order valence-electron chi connectivity index (χ3n) is 2.28. The fraction of sp³-hybridized carbons (Fsp3) is 0.800. The van der Waals surface area contributed by atoms with E-state index in [9.17, 15) is 9.59 Å². The van der Waals surface area contributed by atoms with E-state index in [1.165, 1.54) is 13.8 Å². The van der Waals surface area contributed by atoms with Gasteiger partial charge in [-0.1, -0.05) is 0 Å². The van der Waals surface area contributed by atoms with Gasteiger partial charge in [0.2, 0.25) is 0 Å². The van der Waals surface area contributed by atoms with Gasteiger partial charge in [-0.3, -0.25) is 9.59 Å².